The molecule has 2 atom stereocenters. The maximum absolute atomic E-state index is 11.4. The van der Waals surface area contributed by atoms with Gasteiger partial charge in [0.1, 0.15) is 0 Å². The fourth-order valence-electron chi connectivity index (χ4n) is 1.63. The van der Waals surface area contributed by atoms with E-state index in [9.17, 15) is 20.1 Å². The second kappa shape index (κ2) is 10.3. The maximum atomic E-state index is 11.4. The molecule has 2 unspecified atom stereocenters. The number of esters is 2. The number of carbonyl (C=O) groups is 2. The normalized spacial score (nSPS) is 15.6. The molecule has 0 saturated carbocycles. The Kier molecular flexibility index (Phi) is 9.26. The highest BCUT2D eigenvalue weighted by Crippen LogP contribution is 2.23. The van der Waals surface area contributed by atoms with Gasteiger partial charge in [-0.05, 0) is 40.5 Å². The molecule has 0 rings (SSSR count). The van der Waals surface area contributed by atoms with Gasteiger partial charge in [0.25, 0.3) is 0 Å². The van der Waals surface area contributed by atoms with Crippen LogP contribution in [0.4, 0.5) is 0 Å². The average molecular weight is 336 g/mol. The third kappa shape index (κ3) is 8.23. The van der Waals surface area contributed by atoms with Crippen molar-refractivity contribution in [2.24, 2.45) is 10.2 Å². The summed E-state index contributed by atoms with van der Waals surface area (Å²) in [6.07, 6.45) is 0.322. The molecule has 24 heavy (non-hydrogen) atoms. The highest BCUT2D eigenvalue weighted by molar-refractivity contribution is 5.69. The summed E-state index contributed by atoms with van der Waals surface area (Å²) in [5.41, 5.74) is -2.48. The summed E-state index contributed by atoms with van der Waals surface area (Å²) in [6, 6.07) is 3.98. The van der Waals surface area contributed by atoms with Crippen LogP contribution in [0.2, 0.25) is 0 Å². The summed E-state index contributed by atoms with van der Waals surface area (Å²) >= 11 is 0. The van der Waals surface area contributed by atoms with E-state index >= 15 is 0 Å². The van der Waals surface area contributed by atoms with E-state index in [0.717, 1.165) is 0 Å². The largest absolute Gasteiger partial charge is 0.466 e. The Bertz CT molecular complexity index is 501. The first-order valence-corrected chi connectivity index (χ1v) is 7.82. The Morgan fingerprint density at radius 2 is 1.21 bits per heavy atom. The van der Waals surface area contributed by atoms with E-state index in [-0.39, 0.29) is 38.9 Å². The van der Waals surface area contributed by atoms with Crippen molar-refractivity contribution in [1.82, 2.24) is 0 Å². The van der Waals surface area contributed by atoms with E-state index in [0.29, 0.717) is 0 Å². The van der Waals surface area contributed by atoms with Crippen LogP contribution < -0.4 is 0 Å². The molecular weight excluding hydrogens is 312 g/mol. The molecule has 0 amide bonds. The van der Waals surface area contributed by atoms with Crippen molar-refractivity contribution in [3.63, 3.8) is 0 Å². The number of ether oxygens (including phenoxy) is 2. The molecule has 0 N–H and O–H groups in total. The molecule has 0 radical (unpaired) electrons. The molecule has 0 aliphatic rings. The zero-order valence-corrected chi connectivity index (χ0v) is 14.7. The molecule has 0 aromatic heterocycles. The standard InChI is InChI=1S/C16H24N4O4/c1-5-23-13(21)7-9-15(3,11-17)19-20-16(4,12-18)10-8-14(22)24-6-2/h5-10H2,1-4H3. The van der Waals surface area contributed by atoms with E-state index in [4.69, 9.17) is 9.47 Å². The smallest absolute Gasteiger partial charge is 0.305 e. The van der Waals surface area contributed by atoms with Crippen LogP contribution in [-0.2, 0) is 19.1 Å². The summed E-state index contributed by atoms with van der Waals surface area (Å²) in [4.78, 5) is 22.8. The third-order valence-corrected chi connectivity index (χ3v) is 3.22. The first kappa shape index (κ1) is 21.5. The molecular formula is C16H24N4O4. The molecule has 0 aliphatic carbocycles. The summed E-state index contributed by atoms with van der Waals surface area (Å²) < 4.78 is 9.62. The predicted molar refractivity (Wildman–Crippen MR) is 84.6 cm³/mol. The second-order valence-electron chi connectivity index (χ2n) is 5.58. The number of azo groups is 1. The summed E-state index contributed by atoms with van der Waals surface area (Å²) in [6.45, 7) is 6.98. The molecule has 0 aliphatic heterocycles. The monoisotopic (exact) mass is 336 g/mol. The van der Waals surface area contributed by atoms with Crippen molar-refractivity contribution in [3.8, 4) is 12.1 Å². The molecule has 0 fully saturated rings. The molecule has 0 bridgehead atoms. The number of hydrogen-bond acceptors (Lipinski definition) is 8. The van der Waals surface area contributed by atoms with Crippen LogP contribution in [-0.4, -0.2) is 36.2 Å². The maximum Gasteiger partial charge on any atom is 0.305 e. The molecule has 0 aromatic carbocycles. The van der Waals surface area contributed by atoms with Gasteiger partial charge in [-0.3, -0.25) is 9.59 Å². The summed E-state index contributed by atoms with van der Waals surface area (Å²) in [5, 5.41) is 26.5. The Balaban J connectivity index is 4.86. The molecule has 132 valence electrons. The van der Waals surface area contributed by atoms with Crippen molar-refractivity contribution in [2.75, 3.05) is 13.2 Å². The van der Waals surface area contributed by atoms with Gasteiger partial charge >= 0.3 is 11.9 Å². The quantitative estimate of drug-likeness (QED) is 0.446. The van der Waals surface area contributed by atoms with E-state index < -0.39 is 23.0 Å². The Morgan fingerprint density at radius 1 is 0.875 bits per heavy atom. The predicted octanol–water partition coefficient (Wildman–Crippen LogP) is 2.69. The van der Waals surface area contributed by atoms with E-state index in [1.807, 2.05) is 12.1 Å². The van der Waals surface area contributed by atoms with Gasteiger partial charge in [0, 0.05) is 12.8 Å². The summed E-state index contributed by atoms with van der Waals surface area (Å²) in [5.74, 6) is -0.834. The SMILES string of the molecule is CCOC(=O)CCC(C)(C#N)N=NC(C)(C#N)CCC(=O)OCC. The van der Waals surface area contributed by atoms with Crippen molar-refractivity contribution in [1.29, 1.82) is 10.5 Å². The lowest BCUT2D eigenvalue weighted by Crippen LogP contribution is -2.25. The highest BCUT2D eigenvalue weighted by atomic mass is 16.5. The Morgan fingerprint density at radius 3 is 1.46 bits per heavy atom. The minimum atomic E-state index is -1.24. The van der Waals surface area contributed by atoms with Gasteiger partial charge in [-0.15, -0.1) is 0 Å². The van der Waals surface area contributed by atoms with Gasteiger partial charge in [0.2, 0.25) is 0 Å². The minimum Gasteiger partial charge on any atom is -0.466 e. The fourth-order valence-corrected chi connectivity index (χ4v) is 1.63. The summed E-state index contributed by atoms with van der Waals surface area (Å²) in [7, 11) is 0. The lowest BCUT2D eigenvalue weighted by molar-refractivity contribution is -0.144. The number of rotatable bonds is 10. The van der Waals surface area contributed by atoms with Gasteiger partial charge in [0.05, 0.1) is 25.4 Å². The van der Waals surface area contributed by atoms with Gasteiger partial charge in [-0.2, -0.15) is 20.8 Å². The number of nitrogens with zero attached hydrogens (tertiary/aromatic N) is 4. The molecule has 0 spiro atoms. The number of nitriles is 2. The zero-order valence-electron chi connectivity index (χ0n) is 14.7. The molecule has 0 saturated heterocycles. The Hall–Kier alpha value is -2.48. The second-order valence-corrected chi connectivity index (χ2v) is 5.58. The van der Waals surface area contributed by atoms with Gasteiger partial charge in [-0.25, -0.2) is 0 Å². The van der Waals surface area contributed by atoms with Crippen molar-refractivity contribution >= 4 is 11.9 Å². The zero-order chi connectivity index (χ0) is 18.6. The van der Waals surface area contributed by atoms with Crippen LogP contribution in [0.3, 0.4) is 0 Å². The van der Waals surface area contributed by atoms with Gasteiger partial charge in [0.15, 0.2) is 11.1 Å². The van der Waals surface area contributed by atoms with Crippen molar-refractivity contribution in [3.05, 3.63) is 0 Å². The Labute approximate surface area is 142 Å². The average Bonchev–Trinajstić information content (AvgIpc) is 2.57. The molecule has 8 nitrogen and oxygen atoms in total. The lowest BCUT2D eigenvalue weighted by atomic mass is 9.97. The van der Waals surface area contributed by atoms with Crippen LogP contribution >= 0.6 is 0 Å². The highest BCUT2D eigenvalue weighted by Gasteiger charge is 2.29. The van der Waals surface area contributed by atoms with E-state index in [2.05, 4.69) is 10.2 Å². The van der Waals surface area contributed by atoms with Crippen LogP contribution in [0.25, 0.3) is 0 Å². The lowest BCUT2D eigenvalue weighted by Gasteiger charge is -2.19. The van der Waals surface area contributed by atoms with Gasteiger partial charge in [-0.1, -0.05) is 0 Å². The number of hydrogen-bond donors (Lipinski definition) is 0. The third-order valence-electron chi connectivity index (χ3n) is 3.22. The van der Waals surface area contributed by atoms with E-state index in [1.165, 1.54) is 13.8 Å². The molecule has 0 aromatic rings. The van der Waals surface area contributed by atoms with Crippen LogP contribution in [0.1, 0.15) is 53.4 Å². The van der Waals surface area contributed by atoms with E-state index in [1.54, 1.807) is 13.8 Å². The van der Waals surface area contributed by atoms with Crippen molar-refractivity contribution < 1.29 is 19.1 Å². The van der Waals surface area contributed by atoms with Crippen LogP contribution in [0.5, 0.6) is 0 Å². The first-order valence-electron chi connectivity index (χ1n) is 7.82. The van der Waals surface area contributed by atoms with Gasteiger partial charge < -0.3 is 9.47 Å². The molecule has 8 heteroatoms. The van der Waals surface area contributed by atoms with Crippen LogP contribution in [0, 0.1) is 22.7 Å². The van der Waals surface area contributed by atoms with Crippen molar-refractivity contribution in [2.45, 2.75) is 64.5 Å². The minimum absolute atomic E-state index is 0.0308. The van der Waals surface area contributed by atoms with Crippen LogP contribution in [0.15, 0.2) is 10.2 Å². The topological polar surface area (TPSA) is 125 Å². The first-order chi connectivity index (χ1) is 11.2. The molecule has 0 heterocycles. The fraction of sp³-hybridized carbons (Fsp3) is 0.750. The number of carbonyl (C=O) groups excluding carboxylic acids is 2.